The molecular formula is C9H20N2. The van der Waals surface area contributed by atoms with E-state index in [9.17, 15) is 0 Å². The molecule has 0 N–H and O–H groups in total. The Morgan fingerprint density at radius 2 is 1.64 bits per heavy atom. The number of rotatable bonds is 3. The molecule has 0 aromatic heterocycles. The smallest absolute Gasteiger partial charge is 0.0445 e. The molecule has 11 heavy (non-hydrogen) atoms. The van der Waals surface area contributed by atoms with Crippen molar-refractivity contribution in [2.75, 3.05) is 21.1 Å². The van der Waals surface area contributed by atoms with E-state index in [0.717, 1.165) is 0 Å². The fourth-order valence-corrected chi connectivity index (χ4v) is 1.19. The van der Waals surface area contributed by atoms with E-state index in [4.69, 9.17) is 0 Å². The van der Waals surface area contributed by atoms with Crippen LogP contribution in [0.5, 0.6) is 0 Å². The summed E-state index contributed by atoms with van der Waals surface area (Å²) in [6, 6.07) is 0.458. The minimum Gasteiger partial charge on any atom is -0.301 e. The molecule has 0 fully saturated rings. The monoisotopic (exact) mass is 156 g/mol. The molecule has 0 aliphatic carbocycles. The molecule has 2 heteroatoms. The van der Waals surface area contributed by atoms with Gasteiger partial charge in [-0.2, -0.15) is 0 Å². The molecule has 0 aliphatic rings. The van der Waals surface area contributed by atoms with Crippen LogP contribution in [0.15, 0.2) is 4.99 Å². The molecule has 66 valence electrons. The maximum absolute atomic E-state index is 4.28. The molecule has 1 atom stereocenters. The molecule has 0 aromatic rings. The van der Waals surface area contributed by atoms with E-state index in [1.54, 1.807) is 0 Å². The zero-order valence-electron chi connectivity index (χ0n) is 8.55. The van der Waals surface area contributed by atoms with Gasteiger partial charge in [0.15, 0.2) is 0 Å². The van der Waals surface area contributed by atoms with Crippen molar-refractivity contribution in [3.05, 3.63) is 0 Å². The minimum atomic E-state index is 0.458. The van der Waals surface area contributed by atoms with Crippen molar-refractivity contribution >= 4 is 5.71 Å². The molecule has 0 rings (SSSR count). The Morgan fingerprint density at radius 1 is 1.18 bits per heavy atom. The maximum Gasteiger partial charge on any atom is 0.0445 e. The van der Waals surface area contributed by atoms with Crippen molar-refractivity contribution < 1.29 is 0 Å². The van der Waals surface area contributed by atoms with Gasteiger partial charge in [0.25, 0.3) is 0 Å². The fraction of sp³-hybridized carbons (Fsp3) is 0.889. The molecular weight excluding hydrogens is 136 g/mol. The Hall–Kier alpha value is -0.370. The molecule has 0 heterocycles. The summed E-state index contributed by atoms with van der Waals surface area (Å²) in [5.74, 6) is 0.553. The average molecular weight is 156 g/mol. The highest BCUT2D eigenvalue weighted by atomic mass is 15.1. The first-order valence-electron chi connectivity index (χ1n) is 4.13. The lowest BCUT2D eigenvalue weighted by Crippen LogP contribution is -2.35. The molecule has 0 radical (unpaired) electrons. The third kappa shape index (κ3) is 3.02. The first-order chi connectivity index (χ1) is 5.00. The van der Waals surface area contributed by atoms with Crippen molar-refractivity contribution in [1.29, 1.82) is 0 Å². The third-order valence-electron chi connectivity index (χ3n) is 2.05. The topological polar surface area (TPSA) is 15.6 Å². The summed E-state index contributed by atoms with van der Waals surface area (Å²) in [7, 11) is 6.03. The SMILES string of the molecule is CN=C(C(C)C)C(C)N(C)C. The van der Waals surface area contributed by atoms with Crippen molar-refractivity contribution in [2.24, 2.45) is 10.9 Å². The van der Waals surface area contributed by atoms with E-state index in [1.807, 2.05) is 7.05 Å². The maximum atomic E-state index is 4.28. The number of hydrogen-bond acceptors (Lipinski definition) is 2. The van der Waals surface area contributed by atoms with Crippen LogP contribution < -0.4 is 0 Å². The van der Waals surface area contributed by atoms with Gasteiger partial charge in [-0.15, -0.1) is 0 Å². The number of aliphatic imine (C=N–C) groups is 1. The normalized spacial score (nSPS) is 16.2. The summed E-state index contributed by atoms with van der Waals surface area (Å²) < 4.78 is 0. The molecule has 0 amide bonds. The first kappa shape index (κ1) is 10.6. The van der Waals surface area contributed by atoms with Gasteiger partial charge in [-0.1, -0.05) is 13.8 Å². The molecule has 2 nitrogen and oxygen atoms in total. The van der Waals surface area contributed by atoms with Gasteiger partial charge in [0, 0.05) is 18.8 Å². The quantitative estimate of drug-likeness (QED) is 0.567. The molecule has 0 aromatic carbocycles. The lowest BCUT2D eigenvalue weighted by molar-refractivity contribution is 0.374. The minimum absolute atomic E-state index is 0.458. The summed E-state index contributed by atoms with van der Waals surface area (Å²) in [5, 5.41) is 0. The molecule has 0 saturated carbocycles. The summed E-state index contributed by atoms with van der Waals surface area (Å²) in [5.41, 5.74) is 1.27. The van der Waals surface area contributed by atoms with Gasteiger partial charge in [-0.05, 0) is 26.9 Å². The van der Waals surface area contributed by atoms with E-state index in [-0.39, 0.29) is 0 Å². The van der Waals surface area contributed by atoms with E-state index >= 15 is 0 Å². The van der Waals surface area contributed by atoms with Crippen molar-refractivity contribution in [2.45, 2.75) is 26.8 Å². The van der Waals surface area contributed by atoms with E-state index < -0.39 is 0 Å². The Morgan fingerprint density at radius 3 is 1.73 bits per heavy atom. The fourth-order valence-electron chi connectivity index (χ4n) is 1.19. The summed E-state index contributed by atoms with van der Waals surface area (Å²) in [6.45, 7) is 6.55. The van der Waals surface area contributed by atoms with Crippen LogP contribution in [0, 0.1) is 5.92 Å². The van der Waals surface area contributed by atoms with Gasteiger partial charge < -0.3 is 4.90 Å². The van der Waals surface area contributed by atoms with Gasteiger partial charge in [-0.25, -0.2) is 0 Å². The third-order valence-corrected chi connectivity index (χ3v) is 2.05. The van der Waals surface area contributed by atoms with Crippen LogP contribution >= 0.6 is 0 Å². The second-order valence-corrected chi connectivity index (χ2v) is 3.44. The Kier molecular flexibility index (Phi) is 4.34. The average Bonchev–Trinajstić information content (AvgIpc) is 1.88. The first-order valence-corrected chi connectivity index (χ1v) is 4.13. The molecule has 0 saturated heterocycles. The van der Waals surface area contributed by atoms with Crippen LogP contribution in [0.1, 0.15) is 20.8 Å². The Labute approximate surface area is 70.3 Å². The second-order valence-electron chi connectivity index (χ2n) is 3.44. The second kappa shape index (κ2) is 4.50. The van der Waals surface area contributed by atoms with Gasteiger partial charge in [-0.3, -0.25) is 4.99 Å². The Bertz CT molecular complexity index is 136. The van der Waals surface area contributed by atoms with Crippen LogP contribution in [0.2, 0.25) is 0 Å². The zero-order valence-corrected chi connectivity index (χ0v) is 8.55. The van der Waals surface area contributed by atoms with Crippen LogP contribution in [-0.2, 0) is 0 Å². The van der Waals surface area contributed by atoms with Crippen LogP contribution in [-0.4, -0.2) is 37.8 Å². The highest BCUT2D eigenvalue weighted by molar-refractivity contribution is 5.90. The Balaban J connectivity index is 4.28. The van der Waals surface area contributed by atoms with Gasteiger partial charge in [0.2, 0.25) is 0 Å². The van der Waals surface area contributed by atoms with Crippen LogP contribution in [0.3, 0.4) is 0 Å². The zero-order chi connectivity index (χ0) is 9.02. The lowest BCUT2D eigenvalue weighted by atomic mass is 10.0. The van der Waals surface area contributed by atoms with E-state index in [1.165, 1.54) is 5.71 Å². The highest BCUT2D eigenvalue weighted by Gasteiger charge is 2.14. The molecule has 0 bridgehead atoms. The highest BCUT2D eigenvalue weighted by Crippen LogP contribution is 2.05. The van der Waals surface area contributed by atoms with Crippen LogP contribution in [0.25, 0.3) is 0 Å². The molecule has 0 aliphatic heterocycles. The standard InChI is InChI=1S/C9H20N2/c1-7(2)9(10-4)8(3)11(5)6/h7-8H,1-6H3. The summed E-state index contributed by atoms with van der Waals surface area (Å²) >= 11 is 0. The number of nitrogens with zero attached hydrogens (tertiary/aromatic N) is 2. The number of hydrogen-bond donors (Lipinski definition) is 0. The predicted octanol–water partition coefficient (Wildman–Crippen LogP) is 1.66. The largest absolute Gasteiger partial charge is 0.301 e. The van der Waals surface area contributed by atoms with Crippen molar-refractivity contribution in [3.8, 4) is 0 Å². The molecule has 1 unspecified atom stereocenters. The van der Waals surface area contributed by atoms with Crippen molar-refractivity contribution in [3.63, 3.8) is 0 Å². The van der Waals surface area contributed by atoms with Gasteiger partial charge in [0.1, 0.15) is 0 Å². The summed E-state index contributed by atoms with van der Waals surface area (Å²) in [6.07, 6.45) is 0. The van der Waals surface area contributed by atoms with Crippen LogP contribution in [0.4, 0.5) is 0 Å². The lowest BCUT2D eigenvalue weighted by Gasteiger charge is -2.23. The predicted molar refractivity (Wildman–Crippen MR) is 51.3 cm³/mol. The van der Waals surface area contributed by atoms with E-state index in [2.05, 4.69) is 44.8 Å². The van der Waals surface area contributed by atoms with Crippen molar-refractivity contribution in [1.82, 2.24) is 4.90 Å². The molecule has 0 spiro atoms. The van der Waals surface area contributed by atoms with E-state index in [0.29, 0.717) is 12.0 Å². The summed E-state index contributed by atoms with van der Waals surface area (Å²) in [4.78, 5) is 6.47. The van der Waals surface area contributed by atoms with Gasteiger partial charge in [0.05, 0.1) is 0 Å². The van der Waals surface area contributed by atoms with Gasteiger partial charge >= 0.3 is 0 Å².